The van der Waals surface area contributed by atoms with Gasteiger partial charge in [-0.2, -0.15) is 0 Å². The van der Waals surface area contributed by atoms with Gasteiger partial charge in [0, 0.05) is 25.0 Å². The molecule has 1 aromatic rings. The molecule has 2 fully saturated rings. The van der Waals surface area contributed by atoms with Crippen molar-refractivity contribution in [2.45, 2.75) is 38.6 Å². The summed E-state index contributed by atoms with van der Waals surface area (Å²) in [5, 5.41) is 3.25. The number of rotatable bonds is 6. The van der Waals surface area contributed by atoms with Gasteiger partial charge in [0.2, 0.25) is 5.91 Å². The Morgan fingerprint density at radius 3 is 2.52 bits per heavy atom. The molecule has 0 unspecified atom stereocenters. The maximum Gasteiger partial charge on any atom is 0.226 e. The molecular formula is C19H28N2O2. The minimum absolute atomic E-state index is 0.0910. The van der Waals surface area contributed by atoms with E-state index in [2.05, 4.69) is 41.4 Å². The van der Waals surface area contributed by atoms with Crippen molar-refractivity contribution in [2.75, 3.05) is 32.8 Å². The van der Waals surface area contributed by atoms with Gasteiger partial charge in [0.25, 0.3) is 0 Å². The van der Waals surface area contributed by atoms with E-state index in [1.165, 1.54) is 12.0 Å². The smallest absolute Gasteiger partial charge is 0.226 e. The van der Waals surface area contributed by atoms with Crippen LogP contribution in [0.3, 0.4) is 0 Å². The molecule has 2 aliphatic rings. The third-order valence-electron chi connectivity index (χ3n) is 5.60. The average molecular weight is 316 g/mol. The highest BCUT2D eigenvalue weighted by Gasteiger charge is 2.42. The van der Waals surface area contributed by atoms with Gasteiger partial charge < -0.3 is 10.1 Å². The molecule has 1 aromatic carbocycles. The van der Waals surface area contributed by atoms with Crippen molar-refractivity contribution in [3.05, 3.63) is 35.9 Å². The molecule has 0 spiro atoms. The van der Waals surface area contributed by atoms with E-state index in [1.54, 1.807) is 0 Å². The normalized spacial score (nSPS) is 22.1. The van der Waals surface area contributed by atoms with Gasteiger partial charge in [0.1, 0.15) is 0 Å². The van der Waals surface area contributed by atoms with E-state index in [1.807, 2.05) is 6.07 Å². The summed E-state index contributed by atoms with van der Waals surface area (Å²) in [5.74, 6) is 0.250. The SMILES string of the molecule is CCC1(C(=O)NC[C@@H](c2ccccc2)N2CCOCC2)CCC1. The lowest BCUT2D eigenvalue weighted by atomic mass is 9.66. The van der Waals surface area contributed by atoms with Crippen LogP contribution in [0.4, 0.5) is 0 Å². The largest absolute Gasteiger partial charge is 0.379 e. The minimum atomic E-state index is -0.0910. The van der Waals surface area contributed by atoms with E-state index < -0.39 is 0 Å². The Bertz CT molecular complexity index is 502. The second-order valence-corrected chi connectivity index (χ2v) is 6.77. The number of hydrogen-bond donors (Lipinski definition) is 1. The number of ether oxygens (including phenoxy) is 1. The summed E-state index contributed by atoms with van der Waals surface area (Å²) in [6.45, 7) is 6.22. The first kappa shape index (κ1) is 16.5. The molecule has 3 rings (SSSR count). The predicted molar refractivity (Wildman–Crippen MR) is 91.2 cm³/mol. The number of nitrogens with zero attached hydrogens (tertiary/aromatic N) is 1. The van der Waals surface area contributed by atoms with Crippen molar-refractivity contribution in [1.82, 2.24) is 10.2 Å². The Kier molecular flexibility index (Phi) is 5.34. The Labute approximate surface area is 139 Å². The standard InChI is InChI=1S/C19H28N2O2/c1-2-19(9-6-10-19)18(22)20-15-17(16-7-4-3-5-8-16)21-11-13-23-14-12-21/h3-5,7-8,17H,2,6,9-15H2,1H3,(H,20,22)/t17-/m0/s1. The first-order valence-corrected chi connectivity index (χ1v) is 8.90. The minimum Gasteiger partial charge on any atom is -0.379 e. The maximum atomic E-state index is 12.6. The highest BCUT2D eigenvalue weighted by Crippen LogP contribution is 2.44. The van der Waals surface area contributed by atoms with Gasteiger partial charge in [0.05, 0.1) is 19.3 Å². The zero-order valence-corrected chi connectivity index (χ0v) is 14.1. The van der Waals surface area contributed by atoms with E-state index in [4.69, 9.17) is 4.74 Å². The number of carbonyl (C=O) groups is 1. The van der Waals surface area contributed by atoms with Crippen molar-refractivity contribution in [2.24, 2.45) is 5.41 Å². The summed E-state index contributed by atoms with van der Waals surface area (Å²) in [7, 11) is 0. The zero-order valence-electron chi connectivity index (χ0n) is 14.1. The molecule has 1 saturated carbocycles. The van der Waals surface area contributed by atoms with Crippen LogP contribution in [-0.4, -0.2) is 43.7 Å². The fourth-order valence-corrected chi connectivity index (χ4v) is 3.74. The van der Waals surface area contributed by atoms with Gasteiger partial charge in [0.15, 0.2) is 0 Å². The Morgan fingerprint density at radius 2 is 1.96 bits per heavy atom. The molecule has 0 radical (unpaired) electrons. The molecule has 1 amide bonds. The Balaban J connectivity index is 1.67. The van der Waals surface area contributed by atoms with Crippen molar-refractivity contribution in [3.8, 4) is 0 Å². The van der Waals surface area contributed by atoms with Crippen LogP contribution in [0.2, 0.25) is 0 Å². The van der Waals surface area contributed by atoms with Crippen LogP contribution < -0.4 is 5.32 Å². The summed E-state index contributed by atoms with van der Waals surface area (Å²) >= 11 is 0. The summed E-state index contributed by atoms with van der Waals surface area (Å²) < 4.78 is 5.48. The fraction of sp³-hybridized carbons (Fsp3) is 0.632. The van der Waals surface area contributed by atoms with Crippen LogP contribution in [0.1, 0.15) is 44.2 Å². The first-order chi connectivity index (χ1) is 11.2. The molecule has 1 aliphatic heterocycles. The average Bonchev–Trinajstić information content (AvgIpc) is 2.56. The lowest BCUT2D eigenvalue weighted by molar-refractivity contribution is -0.136. The monoisotopic (exact) mass is 316 g/mol. The Hall–Kier alpha value is -1.39. The maximum absolute atomic E-state index is 12.6. The number of benzene rings is 1. The quantitative estimate of drug-likeness (QED) is 0.877. The molecule has 23 heavy (non-hydrogen) atoms. The van der Waals surface area contributed by atoms with E-state index in [0.717, 1.165) is 45.6 Å². The molecule has 0 aromatic heterocycles. The van der Waals surface area contributed by atoms with Crippen LogP contribution in [0.15, 0.2) is 30.3 Å². The number of carbonyl (C=O) groups excluding carboxylic acids is 1. The van der Waals surface area contributed by atoms with Gasteiger partial charge in [-0.25, -0.2) is 0 Å². The van der Waals surface area contributed by atoms with Crippen LogP contribution in [0.5, 0.6) is 0 Å². The molecule has 1 N–H and O–H groups in total. The molecule has 1 aliphatic carbocycles. The number of morpholine rings is 1. The van der Waals surface area contributed by atoms with Gasteiger partial charge >= 0.3 is 0 Å². The third kappa shape index (κ3) is 3.59. The predicted octanol–water partition coefficient (Wildman–Crippen LogP) is 2.76. The molecular weight excluding hydrogens is 288 g/mol. The van der Waals surface area contributed by atoms with Crippen molar-refractivity contribution < 1.29 is 9.53 Å². The van der Waals surface area contributed by atoms with Crippen molar-refractivity contribution in [3.63, 3.8) is 0 Å². The molecule has 4 heteroatoms. The van der Waals surface area contributed by atoms with Crippen LogP contribution in [-0.2, 0) is 9.53 Å². The first-order valence-electron chi connectivity index (χ1n) is 8.90. The zero-order chi connectivity index (χ0) is 16.1. The van der Waals surface area contributed by atoms with E-state index in [0.29, 0.717) is 6.54 Å². The van der Waals surface area contributed by atoms with Gasteiger partial charge in [-0.3, -0.25) is 9.69 Å². The number of nitrogens with one attached hydrogen (secondary N) is 1. The molecule has 126 valence electrons. The summed E-state index contributed by atoms with van der Waals surface area (Å²) in [6.07, 6.45) is 4.23. The van der Waals surface area contributed by atoms with E-state index >= 15 is 0 Å². The molecule has 0 bridgehead atoms. The lowest BCUT2D eigenvalue weighted by Crippen LogP contribution is -2.49. The summed E-state index contributed by atoms with van der Waals surface area (Å²) in [6, 6.07) is 10.7. The number of hydrogen-bond acceptors (Lipinski definition) is 3. The second-order valence-electron chi connectivity index (χ2n) is 6.77. The highest BCUT2D eigenvalue weighted by atomic mass is 16.5. The van der Waals surface area contributed by atoms with Gasteiger partial charge in [-0.15, -0.1) is 0 Å². The molecule has 4 nitrogen and oxygen atoms in total. The van der Waals surface area contributed by atoms with E-state index in [-0.39, 0.29) is 17.4 Å². The molecule has 1 heterocycles. The third-order valence-corrected chi connectivity index (χ3v) is 5.60. The van der Waals surface area contributed by atoms with Crippen LogP contribution in [0.25, 0.3) is 0 Å². The van der Waals surface area contributed by atoms with Gasteiger partial charge in [-0.1, -0.05) is 43.7 Å². The van der Waals surface area contributed by atoms with Crippen LogP contribution in [0, 0.1) is 5.41 Å². The number of amides is 1. The molecule has 1 atom stereocenters. The molecule has 1 saturated heterocycles. The van der Waals surface area contributed by atoms with Crippen molar-refractivity contribution in [1.29, 1.82) is 0 Å². The summed E-state index contributed by atoms with van der Waals surface area (Å²) in [4.78, 5) is 15.1. The van der Waals surface area contributed by atoms with Crippen molar-refractivity contribution >= 4 is 5.91 Å². The van der Waals surface area contributed by atoms with E-state index in [9.17, 15) is 4.79 Å². The second kappa shape index (κ2) is 7.45. The highest BCUT2D eigenvalue weighted by molar-refractivity contribution is 5.83. The van der Waals surface area contributed by atoms with Gasteiger partial charge in [-0.05, 0) is 24.8 Å². The Morgan fingerprint density at radius 1 is 1.26 bits per heavy atom. The topological polar surface area (TPSA) is 41.6 Å². The van der Waals surface area contributed by atoms with Crippen LogP contribution >= 0.6 is 0 Å². The fourth-order valence-electron chi connectivity index (χ4n) is 3.74. The summed E-state index contributed by atoms with van der Waals surface area (Å²) in [5.41, 5.74) is 1.18. The lowest BCUT2D eigenvalue weighted by Gasteiger charge is -2.41.